The third kappa shape index (κ3) is 4.46. The molecule has 2 heteroatoms. The third-order valence-corrected chi connectivity index (χ3v) is 5.57. The number of nitrogens with two attached hydrogens (primary N) is 1. The Morgan fingerprint density at radius 2 is 1.89 bits per heavy atom. The summed E-state index contributed by atoms with van der Waals surface area (Å²) in [5, 5.41) is 0. The van der Waals surface area contributed by atoms with Gasteiger partial charge >= 0.3 is 0 Å². The van der Waals surface area contributed by atoms with Crippen LogP contribution in [0.25, 0.3) is 0 Å². The molecule has 1 saturated carbocycles. The summed E-state index contributed by atoms with van der Waals surface area (Å²) in [5.74, 6) is 1.91. The van der Waals surface area contributed by atoms with E-state index in [9.17, 15) is 0 Å². The molecule has 19 heavy (non-hydrogen) atoms. The third-order valence-electron chi connectivity index (χ3n) is 5.57. The second-order valence-electron chi connectivity index (χ2n) is 6.78. The highest BCUT2D eigenvalue weighted by atomic mass is 15.2. The van der Waals surface area contributed by atoms with Gasteiger partial charge < -0.3 is 10.6 Å². The van der Waals surface area contributed by atoms with Crippen molar-refractivity contribution in [2.75, 3.05) is 19.6 Å². The Morgan fingerprint density at radius 3 is 2.58 bits per heavy atom. The summed E-state index contributed by atoms with van der Waals surface area (Å²) in [6.07, 6.45) is 14.2. The van der Waals surface area contributed by atoms with Gasteiger partial charge in [-0.1, -0.05) is 26.2 Å². The number of rotatable bonds is 8. The first kappa shape index (κ1) is 15.3. The maximum Gasteiger partial charge on any atom is 0.0124 e. The average Bonchev–Trinajstić information content (AvgIpc) is 3.08. The summed E-state index contributed by atoms with van der Waals surface area (Å²) in [6, 6.07) is 0.942. The molecule has 2 aliphatic rings. The van der Waals surface area contributed by atoms with Crippen LogP contribution in [0, 0.1) is 11.8 Å². The second kappa shape index (κ2) is 8.26. The summed E-state index contributed by atoms with van der Waals surface area (Å²) in [4.78, 5) is 2.82. The van der Waals surface area contributed by atoms with Crippen molar-refractivity contribution < 1.29 is 0 Å². The van der Waals surface area contributed by atoms with E-state index in [4.69, 9.17) is 5.73 Å². The fourth-order valence-electron chi connectivity index (χ4n) is 4.38. The molecule has 2 N–H and O–H groups in total. The number of likely N-dealkylation sites (tertiary alicyclic amines) is 1. The minimum absolute atomic E-state index is 0.868. The minimum Gasteiger partial charge on any atom is -0.330 e. The fourth-order valence-corrected chi connectivity index (χ4v) is 4.38. The first-order valence-corrected chi connectivity index (χ1v) is 8.79. The lowest BCUT2D eigenvalue weighted by Gasteiger charge is -2.29. The highest BCUT2D eigenvalue weighted by molar-refractivity contribution is 4.87. The molecule has 0 amide bonds. The van der Waals surface area contributed by atoms with Gasteiger partial charge in [-0.15, -0.1) is 0 Å². The molecule has 1 aliphatic carbocycles. The lowest BCUT2D eigenvalue weighted by molar-refractivity contribution is 0.183. The van der Waals surface area contributed by atoms with E-state index in [1.165, 1.54) is 77.3 Å². The van der Waals surface area contributed by atoms with Crippen LogP contribution in [-0.4, -0.2) is 30.6 Å². The van der Waals surface area contributed by atoms with Crippen molar-refractivity contribution >= 4 is 0 Å². The standard InChI is InChI=1S/C17H34N2/c1-2-15(11-12-18)7-5-13-19-14-6-10-17(19)16-8-3-4-9-16/h15-17H,2-14,18H2,1H3. The maximum atomic E-state index is 5.69. The van der Waals surface area contributed by atoms with Crippen LogP contribution in [0.4, 0.5) is 0 Å². The smallest absolute Gasteiger partial charge is 0.0124 e. The molecule has 2 fully saturated rings. The van der Waals surface area contributed by atoms with Crippen molar-refractivity contribution in [1.82, 2.24) is 4.90 Å². The van der Waals surface area contributed by atoms with Gasteiger partial charge in [-0.3, -0.25) is 0 Å². The zero-order valence-electron chi connectivity index (χ0n) is 12.9. The molecular weight excluding hydrogens is 232 g/mol. The molecule has 2 unspecified atom stereocenters. The Balaban J connectivity index is 1.69. The molecule has 0 radical (unpaired) electrons. The first-order valence-electron chi connectivity index (χ1n) is 8.79. The van der Waals surface area contributed by atoms with E-state index < -0.39 is 0 Å². The summed E-state index contributed by atoms with van der Waals surface area (Å²) in [6.45, 7) is 5.90. The van der Waals surface area contributed by atoms with Crippen molar-refractivity contribution in [2.45, 2.75) is 77.2 Å². The van der Waals surface area contributed by atoms with Crippen molar-refractivity contribution in [1.29, 1.82) is 0 Å². The van der Waals surface area contributed by atoms with E-state index in [-0.39, 0.29) is 0 Å². The zero-order valence-corrected chi connectivity index (χ0v) is 12.9. The van der Waals surface area contributed by atoms with E-state index >= 15 is 0 Å². The van der Waals surface area contributed by atoms with E-state index in [2.05, 4.69) is 11.8 Å². The van der Waals surface area contributed by atoms with E-state index in [1.807, 2.05) is 0 Å². The maximum absolute atomic E-state index is 5.69. The predicted octanol–water partition coefficient (Wildman–Crippen LogP) is 3.80. The highest BCUT2D eigenvalue weighted by Gasteiger charge is 2.32. The van der Waals surface area contributed by atoms with Gasteiger partial charge in [-0.05, 0) is 76.4 Å². The van der Waals surface area contributed by atoms with Crippen LogP contribution in [0.3, 0.4) is 0 Å². The Hall–Kier alpha value is -0.0800. The molecule has 2 rings (SSSR count). The zero-order chi connectivity index (χ0) is 13.5. The van der Waals surface area contributed by atoms with E-state index in [1.54, 1.807) is 0 Å². The largest absolute Gasteiger partial charge is 0.330 e. The molecule has 0 aromatic carbocycles. The van der Waals surface area contributed by atoms with Gasteiger partial charge in [0.1, 0.15) is 0 Å². The lowest BCUT2D eigenvalue weighted by atomic mass is 9.94. The summed E-state index contributed by atoms with van der Waals surface area (Å²) < 4.78 is 0. The quantitative estimate of drug-likeness (QED) is 0.724. The Bertz CT molecular complexity index is 235. The molecule has 0 bridgehead atoms. The predicted molar refractivity (Wildman–Crippen MR) is 83.2 cm³/mol. The molecule has 1 heterocycles. The molecule has 0 spiro atoms. The van der Waals surface area contributed by atoms with E-state index in [0.29, 0.717) is 0 Å². The molecule has 1 saturated heterocycles. The molecule has 0 aromatic heterocycles. The highest BCUT2D eigenvalue weighted by Crippen LogP contribution is 2.35. The van der Waals surface area contributed by atoms with Gasteiger partial charge in [-0.2, -0.15) is 0 Å². The van der Waals surface area contributed by atoms with Gasteiger partial charge in [-0.25, -0.2) is 0 Å². The van der Waals surface area contributed by atoms with Crippen LogP contribution in [0.15, 0.2) is 0 Å². The monoisotopic (exact) mass is 266 g/mol. The number of hydrogen-bond acceptors (Lipinski definition) is 2. The average molecular weight is 266 g/mol. The minimum atomic E-state index is 0.868. The molecule has 112 valence electrons. The van der Waals surface area contributed by atoms with Crippen LogP contribution in [-0.2, 0) is 0 Å². The van der Waals surface area contributed by atoms with Crippen molar-refractivity contribution in [3.05, 3.63) is 0 Å². The molecule has 2 atom stereocenters. The normalized spacial score (nSPS) is 27.2. The van der Waals surface area contributed by atoms with Crippen LogP contribution in [0.5, 0.6) is 0 Å². The Morgan fingerprint density at radius 1 is 1.11 bits per heavy atom. The summed E-state index contributed by atoms with van der Waals surface area (Å²) >= 11 is 0. The van der Waals surface area contributed by atoms with Gasteiger partial charge in [0.2, 0.25) is 0 Å². The van der Waals surface area contributed by atoms with Crippen LogP contribution >= 0.6 is 0 Å². The van der Waals surface area contributed by atoms with Crippen LogP contribution in [0.1, 0.15) is 71.1 Å². The SMILES string of the molecule is CCC(CCN)CCCN1CCCC1C1CCCC1. The summed E-state index contributed by atoms with van der Waals surface area (Å²) in [5.41, 5.74) is 5.69. The van der Waals surface area contributed by atoms with Crippen molar-refractivity contribution in [3.63, 3.8) is 0 Å². The van der Waals surface area contributed by atoms with Crippen molar-refractivity contribution in [3.8, 4) is 0 Å². The van der Waals surface area contributed by atoms with Crippen LogP contribution in [0.2, 0.25) is 0 Å². The van der Waals surface area contributed by atoms with Crippen molar-refractivity contribution in [2.24, 2.45) is 17.6 Å². The first-order chi connectivity index (χ1) is 9.35. The second-order valence-corrected chi connectivity index (χ2v) is 6.78. The summed E-state index contributed by atoms with van der Waals surface area (Å²) in [7, 11) is 0. The van der Waals surface area contributed by atoms with Gasteiger partial charge in [0.25, 0.3) is 0 Å². The Labute approximate surface area is 120 Å². The molecular formula is C17H34N2. The lowest BCUT2D eigenvalue weighted by Crippen LogP contribution is -2.35. The number of hydrogen-bond donors (Lipinski definition) is 1. The fraction of sp³-hybridized carbons (Fsp3) is 1.00. The molecule has 1 aliphatic heterocycles. The molecule has 0 aromatic rings. The van der Waals surface area contributed by atoms with E-state index in [0.717, 1.165) is 24.4 Å². The molecule has 2 nitrogen and oxygen atoms in total. The van der Waals surface area contributed by atoms with Gasteiger partial charge in [0.05, 0.1) is 0 Å². The topological polar surface area (TPSA) is 29.3 Å². The van der Waals surface area contributed by atoms with Crippen LogP contribution < -0.4 is 5.73 Å². The Kier molecular flexibility index (Phi) is 6.66. The van der Waals surface area contributed by atoms with Gasteiger partial charge in [0.15, 0.2) is 0 Å². The number of nitrogens with zero attached hydrogens (tertiary/aromatic N) is 1. The van der Waals surface area contributed by atoms with Gasteiger partial charge in [0, 0.05) is 6.04 Å².